The van der Waals surface area contributed by atoms with Crippen LogP contribution in [0.1, 0.15) is 19.3 Å². The number of aliphatic carboxylic acids is 1. The van der Waals surface area contributed by atoms with Crippen LogP contribution in [-0.4, -0.2) is 71.2 Å². The maximum Gasteiger partial charge on any atom is 0.418 e. The van der Waals surface area contributed by atoms with Gasteiger partial charge in [0, 0.05) is 6.54 Å². The number of nitrogens with one attached hydrogen (secondary N) is 1. The number of ether oxygens (including phenoxy) is 1. The second-order valence-electron chi connectivity index (χ2n) is 4.87. The molecule has 2 aliphatic rings. The van der Waals surface area contributed by atoms with Gasteiger partial charge in [-0.1, -0.05) is 0 Å². The normalized spacial score (nSPS) is 24.5. The summed E-state index contributed by atoms with van der Waals surface area (Å²) in [6.45, 7) is -0.0644. The highest BCUT2D eigenvalue weighted by Crippen LogP contribution is 2.31. The molecule has 0 saturated carbocycles. The Hall–Kier alpha value is -1.92. The molecule has 0 unspecified atom stereocenters. The predicted octanol–water partition coefficient (Wildman–Crippen LogP) is -0.542. The number of carbonyl (C=O) groups excluding carboxylic acids is 1. The van der Waals surface area contributed by atoms with E-state index in [1.165, 1.54) is 4.90 Å². The van der Waals surface area contributed by atoms with Gasteiger partial charge in [-0.25, -0.2) is 4.79 Å². The third-order valence-corrected chi connectivity index (χ3v) is 3.72. The molecule has 2 heterocycles. The number of carbonyl (C=O) groups is 2. The highest BCUT2D eigenvalue weighted by molar-refractivity contribution is 7.80. The van der Waals surface area contributed by atoms with Crippen LogP contribution in [0.3, 0.4) is 0 Å². The van der Waals surface area contributed by atoms with Crippen LogP contribution in [0, 0.1) is 5.41 Å². The SMILES string of the molecule is N=C(OCCC(=O)O)[C@@H]1CC[C@@H]2CN1C(=O)N2OS(=O)(=O)O. The van der Waals surface area contributed by atoms with E-state index in [0.717, 1.165) is 0 Å². The second kappa shape index (κ2) is 6.06. The highest BCUT2D eigenvalue weighted by atomic mass is 32.3. The molecule has 22 heavy (non-hydrogen) atoms. The summed E-state index contributed by atoms with van der Waals surface area (Å²) in [7, 11) is -4.81. The minimum absolute atomic E-state index is 0.129. The molecule has 0 aliphatic carbocycles. The molecule has 0 spiro atoms. The lowest BCUT2D eigenvalue weighted by atomic mass is 10.0. The summed E-state index contributed by atoms with van der Waals surface area (Å²) in [6, 6.07) is -2.05. The number of carboxylic acid groups (broad SMARTS) is 1. The van der Waals surface area contributed by atoms with E-state index < -0.39 is 34.5 Å². The van der Waals surface area contributed by atoms with E-state index in [2.05, 4.69) is 4.28 Å². The molecule has 2 bridgehead atoms. The molecule has 3 N–H and O–H groups in total. The van der Waals surface area contributed by atoms with Crippen molar-refractivity contribution in [1.82, 2.24) is 9.96 Å². The molecule has 0 aromatic rings. The van der Waals surface area contributed by atoms with Gasteiger partial charge in [-0.2, -0.15) is 13.5 Å². The standard InChI is InChI=1S/C10H15N3O8S/c11-9(20-4-3-8(14)15)7-2-1-6-5-12(7)10(16)13(6)21-22(17,18)19/h6-7,11H,1-5H2,(H,14,15)(H,17,18,19)/t6-,7+/m1/s1. The van der Waals surface area contributed by atoms with E-state index >= 15 is 0 Å². The topological polar surface area (TPSA) is 158 Å². The van der Waals surface area contributed by atoms with E-state index in [1.54, 1.807) is 0 Å². The van der Waals surface area contributed by atoms with E-state index in [9.17, 15) is 18.0 Å². The van der Waals surface area contributed by atoms with Gasteiger partial charge in [0.05, 0.1) is 12.5 Å². The Bertz CT molecular complexity index is 591. The number of nitrogens with zero attached hydrogens (tertiary/aromatic N) is 2. The Morgan fingerprint density at radius 1 is 1.41 bits per heavy atom. The summed E-state index contributed by atoms with van der Waals surface area (Å²) in [6.07, 6.45) is 0.421. The van der Waals surface area contributed by atoms with Gasteiger partial charge in [0.25, 0.3) is 0 Å². The van der Waals surface area contributed by atoms with Gasteiger partial charge < -0.3 is 14.7 Å². The third-order valence-electron chi connectivity index (χ3n) is 3.37. The molecule has 2 fully saturated rings. The maximum absolute atomic E-state index is 12.1. The molecule has 0 aromatic carbocycles. The van der Waals surface area contributed by atoms with Crippen molar-refractivity contribution in [3.63, 3.8) is 0 Å². The van der Waals surface area contributed by atoms with Gasteiger partial charge in [-0.05, 0) is 12.8 Å². The molecule has 124 valence electrons. The van der Waals surface area contributed by atoms with Gasteiger partial charge >= 0.3 is 22.4 Å². The Labute approximate surface area is 125 Å². The molecule has 2 amide bonds. The van der Waals surface area contributed by atoms with Gasteiger partial charge in [0.2, 0.25) is 5.90 Å². The first-order valence-corrected chi connectivity index (χ1v) is 7.75. The van der Waals surface area contributed by atoms with Crippen LogP contribution in [0.5, 0.6) is 0 Å². The zero-order chi connectivity index (χ0) is 16.5. The van der Waals surface area contributed by atoms with Gasteiger partial charge in [0.15, 0.2) is 0 Å². The largest absolute Gasteiger partial charge is 0.481 e. The Kier molecular flexibility index (Phi) is 4.53. The van der Waals surface area contributed by atoms with E-state index in [4.69, 9.17) is 19.8 Å². The first-order valence-electron chi connectivity index (χ1n) is 6.39. The minimum atomic E-state index is -4.81. The van der Waals surface area contributed by atoms with E-state index in [-0.39, 0.29) is 25.5 Å². The fourth-order valence-electron chi connectivity index (χ4n) is 2.45. The summed E-state index contributed by atoms with van der Waals surface area (Å²) in [5.41, 5.74) is 0. The van der Waals surface area contributed by atoms with E-state index in [1.807, 2.05) is 0 Å². The summed E-state index contributed by atoms with van der Waals surface area (Å²) in [5, 5.41) is 16.9. The number of piperidine rings is 1. The third kappa shape index (κ3) is 3.64. The number of amides is 2. The molecule has 0 aromatic heterocycles. The number of hydrogen-bond donors (Lipinski definition) is 3. The van der Waals surface area contributed by atoms with Crippen molar-refractivity contribution in [2.45, 2.75) is 31.3 Å². The van der Waals surface area contributed by atoms with Gasteiger partial charge in [0.1, 0.15) is 12.6 Å². The molecular formula is C10H15N3O8S. The zero-order valence-electron chi connectivity index (χ0n) is 11.3. The van der Waals surface area contributed by atoms with Crippen LogP contribution < -0.4 is 0 Å². The summed E-state index contributed by atoms with van der Waals surface area (Å²) in [4.78, 5) is 23.7. The molecular weight excluding hydrogens is 322 g/mol. The summed E-state index contributed by atoms with van der Waals surface area (Å²) < 4.78 is 39.4. The van der Waals surface area contributed by atoms with Crippen LogP contribution in [0.15, 0.2) is 0 Å². The molecule has 12 heteroatoms. The quantitative estimate of drug-likeness (QED) is 0.331. The molecule has 11 nitrogen and oxygen atoms in total. The Balaban J connectivity index is 1.99. The monoisotopic (exact) mass is 337 g/mol. The average molecular weight is 337 g/mol. The van der Waals surface area contributed by atoms with Crippen LogP contribution >= 0.6 is 0 Å². The van der Waals surface area contributed by atoms with Crippen molar-refractivity contribution < 1.29 is 36.7 Å². The van der Waals surface area contributed by atoms with Crippen molar-refractivity contribution in [2.24, 2.45) is 0 Å². The number of hydroxylamine groups is 2. The Morgan fingerprint density at radius 3 is 2.68 bits per heavy atom. The Morgan fingerprint density at radius 2 is 2.09 bits per heavy atom. The molecule has 0 radical (unpaired) electrons. The molecule has 2 saturated heterocycles. The van der Waals surface area contributed by atoms with Crippen molar-refractivity contribution in [2.75, 3.05) is 13.2 Å². The van der Waals surface area contributed by atoms with Crippen molar-refractivity contribution >= 4 is 28.3 Å². The minimum Gasteiger partial charge on any atom is -0.481 e. The smallest absolute Gasteiger partial charge is 0.418 e. The zero-order valence-corrected chi connectivity index (χ0v) is 12.2. The van der Waals surface area contributed by atoms with Gasteiger partial charge in [-0.3, -0.25) is 14.8 Å². The van der Waals surface area contributed by atoms with E-state index in [0.29, 0.717) is 17.9 Å². The fraction of sp³-hybridized carbons (Fsp3) is 0.700. The average Bonchev–Trinajstić information content (AvgIpc) is 2.62. The highest BCUT2D eigenvalue weighted by Gasteiger charge is 2.48. The van der Waals surface area contributed by atoms with Crippen LogP contribution in [0.25, 0.3) is 0 Å². The lowest BCUT2D eigenvalue weighted by Crippen LogP contribution is -2.45. The first-order chi connectivity index (χ1) is 10.2. The molecule has 2 rings (SSSR count). The molecule has 2 atom stereocenters. The predicted molar refractivity (Wildman–Crippen MR) is 69.3 cm³/mol. The number of rotatable bonds is 6. The fourth-order valence-corrected chi connectivity index (χ4v) is 2.84. The maximum atomic E-state index is 12.1. The first kappa shape index (κ1) is 16.5. The van der Waals surface area contributed by atoms with Crippen molar-refractivity contribution in [3.8, 4) is 0 Å². The van der Waals surface area contributed by atoms with Gasteiger partial charge in [-0.15, -0.1) is 4.28 Å². The molecule has 2 aliphatic heterocycles. The number of urea groups is 1. The van der Waals surface area contributed by atoms with Crippen molar-refractivity contribution in [3.05, 3.63) is 0 Å². The van der Waals surface area contributed by atoms with Crippen LogP contribution in [-0.2, 0) is 24.2 Å². The summed E-state index contributed by atoms with van der Waals surface area (Å²) >= 11 is 0. The van der Waals surface area contributed by atoms with Crippen LogP contribution in [0.2, 0.25) is 0 Å². The lowest BCUT2D eigenvalue weighted by Gasteiger charge is -2.30. The number of carboxylic acids is 1. The van der Waals surface area contributed by atoms with Crippen molar-refractivity contribution in [1.29, 1.82) is 5.41 Å². The second-order valence-corrected chi connectivity index (χ2v) is 5.87. The number of hydrogen-bond acceptors (Lipinski definition) is 7. The lowest BCUT2D eigenvalue weighted by molar-refractivity contribution is -0.137. The number of fused-ring (bicyclic) bond motifs is 2. The summed E-state index contributed by atoms with van der Waals surface area (Å²) in [5.74, 6) is -1.33. The van der Waals surface area contributed by atoms with Crippen LogP contribution in [0.4, 0.5) is 4.79 Å².